The zero-order valence-electron chi connectivity index (χ0n) is 16.6. The van der Waals surface area contributed by atoms with Gasteiger partial charge in [-0.25, -0.2) is 9.38 Å². The van der Waals surface area contributed by atoms with Crippen molar-refractivity contribution in [3.8, 4) is 0 Å². The summed E-state index contributed by atoms with van der Waals surface area (Å²) in [5.74, 6) is 0.821. The van der Waals surface area contributed by atoms with E-state index in [1.54, 1.807) is 12.1 Å². The summed E-state index contributed by atoms with van der Waals surface area (Å²) in [5, 5.41) is 15.9. The molecular weight excluding hydrogens is 359 g/mol. The highest BCUT2D eigenvalue weighted by molar-refractivity contribution is 5.81. The van der Waals surface area contributed by atoms with E-state index in [0.717, 1.165) is 37.9 Å². The first-order chi connectivity index (χ1) is 13.6. The van der Waals surface area contributed by atoms with Crippen LogP contribution < -0.4 is 10.6 Å². The molecule has 3 N–H and O–H groups in total. The fourth-order valence-electron chi connectivity index (χ4n) is 4.04. The van der Waals surface area contributed by atoms with E-state index in [4.69, 9.17) is 0 Å². The summed E-state index contributed by atoms with van der Waals surface area (Å²) in [4.78, 5) is 19.2. The van der Waals surface area contributed by atoms with Gasteiger partial charge in [-0.15, -0.1) is 0 Å². The van der Waals surface area contributed by atoms with E-state index in [2.05, 4.69) is 15.6 Å². The standard InChI is InChI=1S/C21H31FN4O2/c1-2-23-21(24-12-15-7-8-19(22)17(11-15)14-27)25-18-9-10-26(13-18)20(28)16-5-3-4-6-16/h7-8,11,16,18,27H,2-6,9-10,12-14H2,1H3,(H2,23,24,25). The van der Waals surface area contributed by atoms with E-state index in [1.165, 1.54) is 18.9 Å². The SMILES string of the molecule is CCNC(=NCc1ccc(F)c(CO)c1)NC1CCN(C(=O)C2CCCC2)C1. The minimum atomic E-state index is -0.404. The minimum absolute atomic E-state index is 0.185. The summed E-state index contributed by atoms with van der Waals surface area (Å²) in [6.45, 7) is 4.31. The Labute approximate surface area is 166 Å². The number of nitrogens with zero attached hydrogens (tertiary/aromatic N) is 2. The lowest BCUT2D eigenvalue weighted by Gasteiger charge is -2.21. The number of halogens is 1. The molecule has 154 valence electrons. The first-order valence-corrected chi connectivity index (χ1v) is 10.3. The van der Waals surface area contributed by atoms with Crippen molar-refractivity contribution in [2.24, 2.45) is 10.9 Å². The van der Waals surface area contributed by atoms with Crippen molar-refractivity contribution in [3.05, 3.63) is 35.1 Å². The number of rotatable bonds is 6. The van der Waals surface area contributed by atoms with E-state index in [-0.39, 0.29) is 24.1 Å². The van der Waals surface area contributed by atoms with Crippen LogP contribution in [-0.2, 0) is 17.9 Å². The molecular formula is C21H31FN4O2. The monoisotopic (exact) mass is 390 g/mol. The van der Waals surface area contributed by atoms with Gasteiger partial charge in [0.15, 0.2) is 5.96 Å². The quantitative estimate of drug-likeness (QED) is 0.514. The van der Waals surface area contributed by atoms with Crippen molar-refractivity contribution in [2.45, 2.75) is 58.2 Å². The second kappa shape index (κ2) is 9.87. The number of likely N-dealkylation sites (tertiary alicyclic amines) is 1. The number of carbonyl (C=O) groups is 1. The van der Waals surface area contributed by atoms with E-state index < -0.39 is 5.82 Å². The summed E-state index contributed by atoms with van der Waals surface area (Å²) in [5.41, 5.74) is 1.12. The average molecular weight is 391 g/mol. The number of hydrogen-bond acceptors (Lipinski definition) is 3. The fraction of sp³-hybridized carbons (Fsp3) is 0.619. The number of nitrogens with one attached hydrogen (secondary N) is 2. The summed E-state index contributed by atoms with van der Waals surface area (Å²) in [6.07, 6.45) is 5.32. The first kappa shape index (κ1) is 20.6. The number of aliphatic hydroxyl groups excluding tert-OH is 1. The molecule has 1 saturated carbocycles. The predicted molar refractivity (Wildman–Crippen MR) is 107 cm³/mol. The minimum Gasteiger partial charge on any atom is -0.392 e. The third-order valence-corrected chi connectivity index (χ3v) is 5.59. The first-order valence-electron chi connectivity index (χ1n) is 10.3. The van der Waals surface area contributed by atoms with E-state index in [9.17, 15) is 14.3 Å². The predicted octanol–water partition coefficient (Wildman–Crippen LogP) is 2.16. The molecule has 0 aromatic heterocycles. The fourth-order valence-corrected chi connectivity index (χ4v) is 4.04. The Morgan fingerprint density at radius 3 is 2.82 bits per heavy atom. The molecule has 1 heterocycles. The van der Waals surface area contributed by atoms with Gasteiger partial charge in [-0.3, -0.25) is 4.79 Å². The van der Waals surface area contributed by atoms with Gasteiger partial charge in [-0.05, 0) is 43.9 Å². The van der Waals surface area contributed by atoms with Crippen LogP contribution in [0.4, 0.5) is 4.39 Å². The van der Waals surface area contributed by atoms with E-state index in [1.807, 2.05) is 11.8 Å². The lowest BCUT2D eigenvalue weighted by atomic mass is 10.1. The molecule has 1 aliphatic heterocycles. The highest BCUT2D eigenvalue weighted by Crippen LogP contribution is 2.27. The zero-order valence-corrected chi connectivity index (χ0v) is 16.6. The zero-order chi connectivity index (χ0) is 19.9. The van der Waals surface area contributed by atoms with Gasteiger partial charge < -0.3 is 20.6 Å². The van der Waals surface area contributed by atoms with Crippen LogP contribution in [0.2, 0.25) is 0 Å². The molecule has 0 bridgehead atoms. The van der Waals surface area contributed by atoms with Gasteiger partial charge in [0, 0.05) is 37.2 Å². The third-order valence-electron chi connectivity index (χ3n) is 5.59. The Morgan fingerprint density at radius 1 is 1.32 bits per heavy atom. The van der Waals surface area contributed by atoms with Gasteiger partial charge in [0.05, 0.1) is 13.2 Å². The summed E-state index contributed by atoms with van der Waals surface area (Å²) >= 11 is 0. The molecule has 1 aromatic carbocycles. The number of guanidine groups is 1. The van der Waals surface area contributed by atoms with Crippen LogP contribution in [0, 0.1) is 11.7 Å². The Balaban J connectivity index is 1.57. The number of amides is 1. The Bertz CT molecular complexity index is 704. The Hall–Kier alpha value is -2.15. The molecule has 7 heteroatoms. The number of hydrogen-bond donors (Lipinski definition) is 3. The van der Waals surface area contributed by atoms with Crippen molar-refractivity contribution >= 4 is 11.9 Å². The van der Waals surface area contributed by atoms with Crippen LogP contribution in [0.25, 0.3) is 0 Å². The second-order valence-corrected chi connectivity index (χ2v) is 7.67. The maximum atomic E-state index is 13.5. The summed E-state index contributed by atoms with van der Waals surface area (Å²) in [7, 11) is 0. The van der Waals surface area contributed by atoms with Gasteiger partial charge in [0.1, 0.15) is 5.82 Å². The second-order valence-electron chi connectivity index (χ2n) is 7.67. The van der Waals surface area contributed by atoms with Crippen LogP contribution in [-0.4, -0.2) is 47.5 Å². The van der Waals surface area contributed by atoms with Crippen molar-refractivity contribution in [1.29, 1.82) is 0 Å². The lowest BCUT2D eigenvalue weighted by Crippen LogP contribution is -2.45. The maximum Gasteiger partial charge on any atom is 0.225 e. The molecule has 1 atom stereocenters. The highest BCUT2D eigenvalue weighted by Gasteiger charge is 2.32. The number of aliphatic hydroxyl groups is 1. The lowest BCUT2D eigenvalue weighted by molar-refractivity contribution is -0.134. The van der Waals surface area contributed by atoms with Crippen LogP contribution in [0.1, 0.15) is 50.2 Å². The molecule has 1 saturated heterocycles. The molecule has 2 fully saturated rings. The van der Waals surface area contributed by atoms with Crippen LogP contribution >= 0.6 is 0 Å². The molecule has 1 aromatic rings. The largest absolute Gasteiger partial charge is 0.392 e. The van der Waals surface area contributed by atoms with Crippen LogP contribution in [0.15, 0.2) is 23.2 Å². The maximum absolute atomic E-state index is 13.5. The number of benzene rings is 1. The van der Waals surface area contributed by atoms with Crippen molar-refractivity contribution < 1.29 is 14.3 Å². The van der Waals surface area contributed by atoms with Gasteiger partial charge >= 0.3 is 0 Å². The molecule has 28 heavy (non-hydrogen) atoms. The highest BCUT2D eigenvalue weighted by atomic mass is 19.1. The number of carbonyl (C=O) groups excluding carboxylic acids is 1. The molecule has 0 radical (unpaired) electrons. The van der Waals surface area contributed by atoms with Crippen LogP contribution in [0.3, 0.4) is 0 Å². The smallest absolute Gasteiger partial charge is 0.225 e. The molecule has 2 aliphatic rings. The summed E-state index contributed by atoms with van der Waals surface area (Å²) < 4.78 is 13.5. The molecule has 3 rings (SSSR count). The van der Waals surface area contributed by atoms with Gasteiger partial charge in [-0.1, -0.05) is 18.9 Å². The average Bonchev–Trinajstić information content (AvgIpc) is 3.39. The van der Waals surface area contributed by atoms with Crippen molar-refractivity contribution in [1.82, 2.24) is 15.5 Å². The Kier molecular flexibility index (Phi) is 7.25. The van der Waals surface area contributed by atoms with Gasteiger partial charge in [0.2, 0.25) is 5.91 Å². The Morgan fingerprint density at radius 2 is 2.11 bits per heavy atom. The normalized spacial score (nSPS) is 20.6. The van der Waals surface area contributed by atoms with E-state index in [0.29, 0.717) is 25.0 Å². The van der Waals surface area contributed by atoms with Crippen LogP contribution in [0.5, 0.6) is 0 Å². The number of aliphatic imine (C=N–C) groups is 1. The molecule has 1 amide bonds. The van der Waals surface area contributed by atoms with Crippen molar-refractivity contribution in [2.75, 3.05) is 19.6 Å². The van der Waals surface area contributed by atoms with Gasteiger partial charge in [0.25, 0.3) is 0 Å². The van der Waals surface area contributed by atoms with Crippen molar-refractivity contribution in [3.63, 3.8) is 0 Å². The molecule has 1 unspecified atom stereocenters. The molecule has 6 nitrogen and oxygen atoms in total. The summed E-state index contributed by atoms with van der Waals surface area (Å²) in [6, 6.07) is 4.86. The molecule has 1 aliphatic carbocycles. The van der Waals surface area contributed by atoms with Gasteiger partial charge in [-0.2, -0.15) is 0 Å². The van der Waals surface area contributed by atoms with E-state index >= 15 is 0 Å². The third kappa shape index (κ3) is 5.22. The topological polar surface area (TPSA) is 77.0 Å². The molecule has 0 spiro atoms.